The van der Waals surface area contributed by atoms with Gasteiger partial charge in [0.2, 0.25) is 0 Å². The molecule has 1 aromatic heterocycles. The first kappa shape index (κ1) is 16.5. The van der Waals surface area contributed by atoms with Crippen molar-refractivity contribution >= 4 is 11.6 Å². The summed E-state index contributed by atoms with van der Waals surface area (Å²) >= 11 is 0. The van der Waals surface area contributed by atoms with Crippen molar-refractivity contribution in [2.45, 2.75) is 13.8 Å². The third-order valence-corrected chi connectivity index (χ3v) is 3.32. The molecule has 0 bridgehead atoms. The van der Waals surface area contributed by atoms with E-state index in [0.29, 0.717) is 34.1 Å². The van der Waals surface area contributed by atoms with Crippen molar-refractivity contribution in [3.63, 3.8) is 0 Å². The lowest BCUT2D eigenvalue weighted by atomic mass is 10.1. The molecular weight excluding hydrogens is 298 g/mol. The number of anilines is 1. The van der Waals surface area contributed by atoms with Crippen LogP contribution in [0.2, 0.25) is 0 Å². The molecule has 2 rings (SSSR count). The Morgan fingerprint density at radius 2 is 1.65 bits per heavy atom. The van der Waals surface area contributed by atoms with Crippen molar-refractivity contribution in [3.8, 4) is 17.5 Å². The molecule has 0 aliphatic rings. The third-order valence-electron chi connectivity index (χ3n) is 3.32. The number of aryl methyl sites for hydroxylation is 2. The fraction of sp³-hybridized carbons (Fsp3) is 0.312. The number of hydrogen-bond donors (Lipinski definition) is 1. The average molecular weight is 317 g/mol. The Labute approximate surface area is 134 Å². The minimum absolute atomic E-state index is 0.261. The van der Waals surface area contributed by atoms with Gasteiger partial charge in [-0.3, -0.25) is 4.79 Å². The first-order valence-corrected chi connectivity index (χ1v) is 6.93. The van der Waals surface area contributed by atoms with Crippen molar-refractivity contribution in [1.82, 2.24) is 9.97 Å². The highest BCUT2D eigenvalue weighted by Gasteiger charge is 2.19. The number of ether oxygens (including phenoxy) is 3. The van der Waals surface area contributed by atoms with Crippen LogP contribution in [0.25, 0.3) is 0 Å². The van der Waals surface area contributed by atoms with Gasteiger partial charge in [-0.25, -0.2) is 0 Å². The van der Waals surface area contributed by atoms with Crippen molar-refractivity contribution in [1.29, 1.82) is 0 Å². The number of nitrogens with one attached hydrogen (secondary N) is 1. The molecule has 1 amide bonds. The molecule has 0 atom stereocenters. The SMILES string of the molecule is COc1nc(C)c(NC(=O)c2cccc(OC)c2OC)c(C)n1. The van der Waals surface area contributed by atoms with E-state index in [4.69, 9.17) is 14.2 Å². The van der Waals surface area contributed by atoms with Gasteiger partial charge < -0.3 is 19.5 Å². The second-order valence-electron chi connectivity index (χ2n) is 4.75. The van der Waals surface area contributed by atoms with Crippen molar-refractivity contribution in [2.24, 2.45) is 0 Å². The number of carbonyl (C=O) groups is 1. The monoisotopic (exact) mass is 317 g/mol. The Balaban J connectivity index is 2.37. The number of carbonyl (C=O) groups excluding carboxylic acids is 1. The van der Waals surface area contributed by atoms with Gasteiger partial charge in [0.15, 0.2) is 11.5 Å². The topological polar surface area (TPSA) is 82.6 Å². The summed E-state index contributed by atoms with van der Waals surface area (Å²) in [5, 5.41) is 2.82. The van der Waals surface area contributed by atoms with Gasteiger partial charge in [-0.05, 0) is 26.0 Å². The number of para-hydroxylation sites is 1. The van der Waals surface area contributed by atoms with E-state index in [-0.39, 0.29) is 11.9 Å². The van der Waals surface area contributed by atoms with Crippen LogP contribution in [-0.4, -0.2) is 37.2 Å². The maximum atomic E-state index is 12.6. The molecule has 0 aliphatic carbocycles. The molecule has 7 nitrogen and oxygen atoms in total. The quantitative estimate of drug-likeness (QED) is 0.911. The van der Waals surface area contributed by atoms with Crippen molar-refractivity contribution < 1.29 is 19.0 Å². The van der Waals surface area contributed by atoms with Crippen LogP contribution in [0.3, 0.4) is 0 Å². The van der Waals surface area contributed by atoms with Crippen LogP contribution in [0.5, 0.6) is 17.5 Å². The van der Waals surface area contributed by atoms with Gasteiger partial charge >= 0.3 is 6.01 Å². The number of hydrogen-bond acceptors (Lipinski definition) is 6. The fourth-order valence-electron chi connectivity index (χ4n) is 2.20. The van der Waals surface area contributed by atoms with Crippen LogP contribution in [0.1, 0.15) is 21.7 Å². The first-order chi connectivity index (χ1) is 11.0. The van der Waals surface area contributed by atoms with E-state index in [2.05, 4.69) is 15.3 Å². The molecule has 7 heteroatoms. The number of rotatable bonds is 5. The van der Waals surface area contributed by atoms with Gasteiger partial charge in [0.1, 0.15) is 0 Å². The predicted molar refractivity (Wildman–Crippen MR) is 85.6 cm³/mol. The van der Waals surface area contributed by atoms with Gasteiger partial charge in [0, 0.05) is 0 Å². The highest BCUT2D eigenvalue weighted by molar-refractivity contribution is 6.07. The molecule has 0 unspecified atom stereocenters. The normalized spacial score (nSPS) is 10.1. The molecule has 23 heavy (non-hydrogen) atoms. The Morgan fingerprint density at radius 3 is 2.17 bits per heavy atom. The van der Waals surface area contributed by atoms with E-state index in [0.717, 1.165) is 0 Å². The summed E-state index contributed by atoms with van der Waals surface area (Å²) in [5.41, 5.74) is 2.14. The van der Waals surface area contributed by atoms with Crippen LogP contribution in [0.15, 0.2) is 18.2 Å². The maximum absolute atomic E-state index is 12.6. The van der Waals surface area contributed by atoms with E-state index in [1.54, 1.807) is 32.0 Å². The summed E-state index contributed by atoms with van der Waals surface area (Å²) in [4.78, 5) is 20.9. The summed E-state index contributed by atoms with van der Waals surface area (Å²) < 4.78 is 15.5. The van der Waals surface area contributed by atoms with Crippen LogP contribution < -0.4 is 19.5 Å². The lowest BCUT2D eigenvalue weighted by molar-refractivity contribution is 0.102. The zero-order valence-corrected chi connectivity index (χ0v) is 13.8. The number of methoxy groups -OCH3 is 3. The second kappa shape index (κ2) is 6.95. The molecule has 1 aromatic carbocycles. The number of aromatic nitrogens is 2. The molecule has 2 aromatic rings. The fourth-order valence-corrected chi connectivity index (χ4v) is 2.20. The van der Waals surface area contributed by atoms with E-state index in [1.807, 2.05) is 0 Å². The van der Waals surface area contributed by atoms with Gasteiger partial charge in [-0.2, -0.15) is 9.97 Å². The minimum atomic E-state index is -0.333. The van der Waals surface area contributed by atoms with Crippen LogP contribution in [-0.2, 0) is 0 Å². The first-order valence-electron chi connectivity index (χ1n) is 6.93. The molecule has 1 N–H and O–H groups in total. The Morgan fingerprint density at radius 1 is 1.00 bits per heavy atom. The van der Waals surface area contributed by atoms with Crippen LogP contribution in [0.4, 0.5) is 5.69 Å². The van der Waals surface area contributed by atoms with Gasteiger partial charge in [0.05, 0.1) is 44.0 Å². The molecule has 0 saturated carbocycles. The Kier molecular flexibility index (Phi) is 5.00. The zero-order valence-electron chi connectivity index (χ0n) is 13.8. The number of amides is 1. The van der Waals surface area contributed by atoms with Crippen molar-refractivity contribution in [2.75, 3.05) is 26.6 Å². The molecule has 0 aliphatic heterocycles. The van der Waals surface area contributed by atoms with E-state index in [1.165, 1.54) is 21.3 Å². The minimum Gasteiger partial charge on any atom is -0.493 e. The summed E-state index contributed by atoms with van der Waals surface area (Å²) in [7, 11) is 4.50. The van der Waals surface area contributed by atoms with E-state index in [9.17, 15) is 4.79 Å². The number of benzene rings is 1. The molecular formula is C16H19N3O4. The Hall–Kier alpha value is -2.83. The number of nitrogens with zero attached hydrogens (tertiary/aromatic N) is 2. The average Bonchev–Trinajstić information content (AvgIpc) is 2.56. The van der Waals surface area contributed by atoms with Gasteiger partial charge in [0.25, 0.3) is 5.91 Å². The summed E-state index contributed by atoms with van der Waals surface area (Å²) in [6.45, 7) is 3.55. The maximum Gasteiger partial charge on any atom is 0.316 e. The molecule has 0 spiro atoms. The Bertz CT molecular complexity index is 708. The summed E-state index contributed by atoms with van der Waals surface area (Å²) in [6, 6.07) is 5.37. The predicted octanol–water partition coefficient (Wildman–Crippen LogP) is 2.37. The standard InChI is InChI=1S/C16H19N3O4/c1-9-13(10(2)18-16(17-9)23-5)19-15(20)11-7-6-8-12(21-3)14(11)22-4/h6-8H,1-5H3,(H,19,20). The van der Waals surface area contributed by atoms with Crippen LogP contribution >= 0.6 is 0 Å². The van der Waals surface area contributed by atoms with Crippen LogP contribution in [0, 0.1) is 13.8 Å². The molecule has 0 saturated heterocycles. The smallest absolute Gasteiger partial charge is 0.316 e. The molecule has 122 valence electrons. The molecule has 0 radical (unpaired) electrons. The lowest BCUT2D eigenvalue weighted by Gasteiger charge is -2.14. The lowest BCUT2D eigenvalue weighted by Crippen LogP contribution is -2.16. The highest BCUT2D eigenvalue weighted by atomic mass is 16.5. The zero-order chi connectivity index (χ0) is 17.0. The van der Waals surface area contributed by atoms with E-state index < -0.39 is 0 Å². The summed E-state index contributed by atoms with van der Waals surface area (Å²) in [5.74, 6) is 0.525. The third kappa shape index (κ3) is 3.33. The van der Waals surface area contributed by atoms with Crippen molar-refractivity contribution in [3.05, 3.63) is 35.2 Å². The molecule has 0 fully saturated rings. The van der Waals surface area contributed by atoms with Gasteiger partial charge in [-0.15, -0.1) is 0 Å². The highest BCUT2D eigenvalue weighted by Crippen LogP contribution is 2.31. The summed E-state index contributed by atoms with van der Waals surface area (Å²) in [6.07, 6.45) is 0. The second-order valence-corrected chi connectivity index (χ2v) is 4.75. The van der Waals surface area contributed by atoms with Gasteiger partial charge in [-0.1, -0.05) is 6.07 Å². The largest absolute Gasteiger partial charge is 0.493 e. The van der Waals surface area contributed by atoms with E-state index >= 15 is 0 Å². The molecule has 1 heterocycles.